The topological polar surface area (TPSA) is 51.9 Å². The Balaban J connectivity index is 1.96. The summed E-state index contributed by atoms with van der Waals surface area (Å²) < 4.78 is 15.4. The van der Waals surface area contributed by atoms with Crippen LogP contribution in [0.25, 0.3) is 0 Å². The third kappa shape index (κ3) is 2.36. The van der Waals surface area contributed by atoms with Crippen LogP contribution in [0.2, 0.25) is 0 Å². The lowest BCUT2D eigenvalue weighted by atomic mass is 10.3. The van der Waals surface area contributed by atoms with Crippen LogP contribution in [0.4, 0.5) is 0 Å². The minimum absolute atomic E-state index is 0.212. The van der Waals surface area contributed by atoms with E-state index in [-0.39, 0.29) is 11.7 Å². The first-order valence-corrected chi connectivity index (χ1v) is 5.00. The molecule has 1 aromatic heterocycles. The Morgan fingerprint density at radius 2 is 2.38 bits per heavy atom. The number of carbonyl (C=O) groups is 1. The predicted molar refractivity (Wildman–Crippen MR) is 55.2 cm³/mol. The normalized spacial score (nSPS) is 14.7. The van der Waals surface area contributed by atoms with Crippen molar-refractivity contribution in [3.8, 4) is 0 Å². The molecule has 0 unspecified atom stereocenters. The van der Waals surface area contributed by atoms with E-state index in [0.717, 1.165) is 5.76 Å². The number of furan rings is 1. The van der Waals surface area contributed by atoms with E-state index in [1.807, 2.05) is 6.07 Å². The lowest BCUT2D eigenvalue weighted by molar-refractivity contribution is -0.131. The summed E-state index contributed by atoms with van der Waals surface area (Å²) in [5.41, 5.74) is 0. The Hall–Kier alpha value is -1.91. The first-order valence-electron chi connectivity index (χ1n) is 5.00. The van der Waals surface area contributed by atoms with Gasteiger partial charge in [0.25, 0.3) is 5.91 Å². The van der Waals surface area contributed by atoms with Crippen LogP contribution in [0.3, 0.4) is 0 Å². The fourth-order valence-corrected chi connectivity index (χ4v) is 1.38. The summed E-state index contributed by atoms with van der Waals surface area (Å²) >= 11 is 0. The standard InChI is InChI=1S/C11H13NO4/c1-12(7-9-3-2-4-15-9)11(13)10-8-14-5-6-16-10/h2-4,8H,5-7H2,1H3. The highest BCUT2D eigenvalue weighted by Crippen LogP contribution is 2.10. The molecule has 2 rings (SSSR count). The zero-order valence-electron chi connectivity index (χ0n) is 9.01. The molecular formula is C11H13NO4. The summed E-state index contributed by atoms with van der Waals surface area (Å²) in [6, 6.07) is 3.60. The van der Waals surface area contributed by atoms with Gasteiger partial charge in [-0.3, -0.25) is 4.79 Å². The van der Waals surface area contributed by atoms with Crippen LogP contribution >= 0.6 is 0 Å². The molecule has 0 saturated heterocycles. The summed E-state index contributed by atoms with van der Waals surface area (Å²) in [5.74, 6) is 0.754. The predicted octanol–water partition coefficient (Wildman–Crippen LogP) is 1.13. The molecule has 1 amide bonds. The average Bonchev–Trinajstić information content (AvgIpc) is 2.82. The Morgan fingerprint density at radius 3 is 3.00 bits per heavy atom. The second kappa shape index (κ2) is 4.74. The molecule has 0 N–H and O–H groups in total. The number of hydrogen-bond acceptors (Lipinski definition) is 4. The van der Waals surface area contributed by atoms with Crippen molar-refractivity contribution in [2.45, 2.75) is 6.54 Å². The van der Waals surface area contributed by atoms with Crippen LogP contribution < -0.4 is 0 Å². The van der Waals surface area contributed by atoms with Crippen molar-refractivity contribution in [3.63, 3.8) is 0 Å². The molecule has 1 aliphatic heterocycles. The van der Waals surface area contributed by atoms with Crippen molar-refractivity contribution in [1.29, 1.82) is 0 Å². The Bertz CT molecular complexity index is 383. The van der Waals surface area contributed by atoms with E-state index >= 15 is 0 Å². The van der Waals surface area contributed by atoms with Gasteiger partial charge in [0.1, 0.15) is 25.2 Å². The van der Waals surface area contributed by atoms with Gasteiger partial charge in [0.05, 0.1) is 12.8 Å². The Kier molecular flexibility index (Phi) is 3.14. The molecule has 0 radical (unpaired) electrons. The van der Waals surface area contributed by atoms with E-state index < -0.39 is 0 Å². The fourth-order valence-electron chi connectivity index (χ4n) is 1.38. The van der Waals surface area contributed by atoms with Gasteiger partial charge >= 0.3 is 0 Å². The molecule has 0 atom stereocenters. The van der Waals surface area contributed by atoms with Crippen LogP contribution in [0.5, 0.6) is 0 Å². The molecule has 5 nitrogen and oxygen atoms in total. The maximum atomic E-state index is 11.8. The highest BCUT2D eigenvalue weighted by molar-refractivity contribution is 5.91. The third-order valence-corrected chi connectivity index (χ3v) is 2.18. The molecule has 16 heavy (non-hydrogen) atoms. The summed E-state index contributed by atoms with van der Waals surface area (Å²) in [5, 5.41) is 0. The number of hydrogen-bond donors (Lipinski definition) is 0. The zero-order chi connectivity index (χ0) is 11.4. The first-order chi connectivity index (χ1) is 7.77. The molecule has 0 saturated carbocycles. The monoisotopic (exact) mass is 223 g/mol. The van der Waals surface area contributed by atoms with Crippen LogP contribution in [-0.4, -0.2) is 31.1 Å². The fraction of sp³-hybridized carbons (Fsp3) is 0.364. The molecule has 5 heteroatoms. The van der Waals surface area contributed by atoms with Crippen LogP contribution in [0.1, 0.15) is 5.76 Å². The molecule has 0 fully saturated rings. The highest BCUT2D eigenvalue weighted by atomic mass is 16.6. The molecule has 1 aromatic rings. The quantitative estimate of drug-likeness (QED) is 0.770. The number of rotatable bonds is 3. The molecule has 86 valence electrons. The van der Waals surface area contributed by atoms with Crippen LogP contribution in [0.15, 0.2) is 34.8 Å². The molecular weight excluding hydrogens is 210 g/mol. The minimum atomic E-state index is -0.212. The second-order valence-corrected chi connectivity index (χ2v) is 3.44. The SMILES string of the molecule is CN(Cc1ccco1)C(=O)C1=COCCO1. The van der Waals surface area contributed by atoms with Crippen molar-refractivity contribution in [3.05, 3.63) is 36.2 Å². The van der Waals surface area contributed by atoms with Crippen molar-refractivity contribution < 1.29 is 18.7 Å². The largest absolute Gasteiger partial charge is 0.494 e. The van der Waals surface area contributed by atoms with Gasteiger partial charge in [-0.25, -0.2) is 0 Å². The van der Waals surface area contributed by atoms with Crippen molar-refractivity contribution in [2.24, 2.45) is 0 Å². The molecule has 0 aromatic carbocycles. The summed E-state index contributed by atoms with van der Waals surface area (Å²) in [6.07, 6.45) is 2.93. The first kappa shape index (κ1) is 10.6. The number of amides is 1. The molecule has 0 aliphatic carbocycles. The van der Waals surface area contributed by atoms with E-state index in [0.29, 0.717) is 19.8 Å². The number of ether oxygens (including phenoxy) is 2. The maximum absolute atomic E-state index is 11.8. The van der Waals surface area contributed by atoms with Gasteiger partial charge in [0.2, 0.25) is 5.76 Å². The van der Waals surface area contributed by atoms with E-state index in [9.17, 15) is 4.79 Å². The Morgan fingerprint density at radius 1 is 1.50 bits per heavy atom. The molecule has 1 aliphatic rings. The van der Waals surface area contributed by atoms with Gasteiger partial charge in [0.15, 0.2) is 0 Å². The van der Waals surface area contributed by atoms with Crippen molar-refractivity contribution in [2.75, 3.05) is 20.3 Å². The lowest BCUT2D eigenvalue weighted by Crippen LogP contribution is -2.30. The molecule has 2 heterocycles. The molecule has 0 spiro atoms. The van der Waals surface area contributed by atoms with Crippen LogP contribution in [-0.2, 0) is 20.8 Å². The number of nitrogens with zero attached hydrogens (tertiary/aromatic N) is 1. The Labute approximate surface area is 93.2 Å². The number of likely N-dealkylation sites (N-methyl/N-ethyl adjacent to an activating group) is 1. The van der Waals surface area contributed by atoms with Gasteiger partial charge < -0.3 is 18.8 Å². The summed E-state index contributed by atoms with van der Waals surface area (Å²) in [4.78, 5) is 13.3. The van der Waals surface area contributed by atoms with Gasteiger partial charge in [0, 0.05) is 7.05 Å². The minimum Gasteiger partial charge on any atom is -0.494 e. The third-order valence-electron chi connectivity index (χ3n) is 2.18. The van der Waals surface area contributed by atoms with Crippen molar-refractivity contribution in [1.82, 2.24) is 4.90 Å². The van der Waals surface area contributed by atoms with Gasteiger partial charge in [-0.2, -0.15) is 0 Å². The summed E-state index contributed by atoms with van der Waals surface area (Å²) in [7, 11) is 1.68. The maximum Gasteiger partial charge on any atom is 0.292 e. The smallest absolute Gasteiger partial charge is 0.292 e. The van der Waals surface area contributed by atoms with E-state index in [1.54, 1.807) is 19.4 Å². The van der Waals surface area contributed by atoms with Crippen molar-refractivity contribution >= 4 is 5.91 Å². The van der Waals surface area contributed by atoms with E-state index in [1.165, 1.54) is 11.2 Å². The van der Waals surface area contributed by atoms with E-state index in [2.05, 4.69) is 0 Å². The lowest BCUT2D eigenvalue weighted by Gasteiger charge is -2.20. The highest BCUT2D eigenvalue weighted by Gasteiger charge is 2.19. The average molecular weight is 223 g/mol. The van der Waals surface area contributed by atoms with Crippen LogP contribution in [0, 0.1) is 0 Å². The molecule has 0 bridgehead atoms. The van der Waals surface area contributed by atoms with Gasteiger partial charge in [-0.15, -0.1) is 0 Å². The second-order valence-electron chi connectivity index (χ2n) is 3.44. The number of carbonyl (C=O) groups excluding carboxylic acids is 1. The van der Waals surface area contributed by atoms with E-state index in [4.69, 9.17) is 13.9 Å². The summed E-state index contributed by atoms with van der Waals surface area (Å²) in [6.45, 7) is 1.30. The van der Waals surface area contributed by atoms with Gasteiger partial charge in [-0.1, -0.05) is 0 Å². The zero-order valence-corrected chi connectivity index (χ0v) is 9.01. The van der Waals surface area contributed by atoms with Gasteiger partial charge in [-0.05, 0) is 12.1 Å².